The van der Waals surface area contributed by atoms with Crippen LogP contribution in [-0.2, 0) is 5.41 Å². The van der Waals surface area contributed by atoms with Crippen molar-refractivity contribution in [2.45, 2.75) is 37.3 Å². The number of rotatable bonds is 2. The number of hydrogen-bond acceptors (Lipinski definition) is 4. The monoisotopic (exact) mass is 396 g/mol. The Balaban J connectivity index is 0.00000192. The van der Waals surface area contributed by atoms with E-state index in [-0.39, 0.29) is 23.9 Å². The molecule has 1 aliphatic carbocycles. The average Bonchev–Trinajstić information content (AvgIpc) is 3.26. The van der Waals surface area contributed by atoms with Crippen LogP contribution in [0.2, 0.25) is 0 Å². The lowest BCUT2D eigenvalue weighted by atomic mass is 9.72. The van der Waals surface area contributed by atoms with Gasteiger partial charge in [-0.05, 0) is 44.0 Å². The molecule has 2 aromatic carbocycles. The second-order valence-electron chi connectivity index (χ2n) is 7.83. The summed E-state index contributed by atoms with van der Waals surface area (Å²) in [6.45, 7) is 3.94. The summed E-state index contributed by atoms with van der Waals surface area (Å²) in [6.07, 6.45) is 3.36. The molecular weight excluding hydrogens is 372 g/mol. The van der Waals surface area contributed by atoms with E-state index >= 15 is 0 Å². The van der Waals surface area contributed by atoms with Crippen LogP contribution in [0.5, 0.6) is 0 Å². The van der Waals surface area contributed by atoms with Crippen molar-refractivity contribution in [3.05, 3.63) is 71.4 Å². The van der Waals surface area contributed by atoms with Crippen LogP contribution < -0.4 is 5.32 Å². The molecule has 1 spiro atoms. The van der Waals surface area contributed by atoms with Crippen LogP contribution in [0.3, 0.4) is 0 Å². The van der Waals surface area contributed by atoms with Crippen LogP contribution in [0, 0.1) is 6.92 Å². The number of piperidine rings is 1. The number of halogens is 1. The number of hydrogen-bond donors (Lipinski definition) is 2. The van der Waals surface area contributed by atoms with Gasteiger partial charge in [0.05, 0.1) is 12.3 Å². The molecule has 1 aliphatic heterocycles. The molecule has 2 atom stereocenters. The zero-order valence-electron chi connectivity index (χ0n) is 15.9. The summed E-state index contributed by atoms with van der Waals surface area (Å²) in [5.74, 6) is 0. The lowest BCUT2D eigenvalue weighted by Gasteiger charge is -2.38. The molecule has 1 aromatic heterocycles. The van der Waals surface area contributed by atoms with Crippen LogP contribution in [0.1, 0.15) is 35.6 Å². The Hall–Kier alpha value is -2.21. The third-order valence-corrected chi connectivity index (χ3v) is 6.32. The van der Waals surface area contributed by atoms with Crippen molar-refractivity contribution in [1.29, 1.82) is 0 Å². The van der Waals surface area contributed by atoms with Crippen molar-refractivity contribution in [2.24, 2.45) is 0 Å². The number of aryl methyl sites for hydroxylation is 1. The highest BCUT2D eigenvalue weighted by Gasteiger charge is 2.52. The summed E-state index contributed by atoms with van der Waals surface area (Å²) < 4.78 is 1.86. The summed E-state index contributed by atoms with van der Waals surface area (Å²) in [5, 5.41) is 23.7. The molecule has 2 aliphatic rings. The van der Waals surface area contributed by atoms with Gasteiger partial charge in [0.15, 0.2) is 0 Å². The highest BCUT2D eigenvalue weighted by atomic mass is 35.5. The zero-order valence-corrected chi connectivity index (χ0v) is 16.7. The van der Waals surface area contributed by atoms with Crippen LogP contribution in [0.15, 0.2) is 54.7 Å². The van der Waals surface area contributed by atoms with Gasteiger partial charge in [0.25, 0.3) is 0 Å². The maximum Gasteiger partial charge on any atom is 0.113 e. The Labute approximate surface area is 171 Å². The first-order chi connectivity index (χ1) is 13.2. The van der Waals surface area contributed by atoms with Gasteiger partial charge in [0.2, 0.25) is 0 Å². The Bertz CT molecular complexity index is 963. The van der Waals surface area contributed by atoms with E-state index in [0.29, 0.717) is 0 Å². The molecule has 5 rings (SSSR count). The van der Waals surface area contributed by atoms with Crippen molar-refractivity contribution >= 4 is 12.4 Å². The highest BCUT2D eigenvalue weighted by molar-refractivity contribution is 5.85. The van der Waals surface area contributed by atoms with Gasteiger partial charge in [-0.15, -0.1) is 17.5 Å². The normalized spacial score (nSPS) is 22.6. The molecule has 1 saturated heterocycles. The molecule has 0 bridgehead atoms. The fraction of sp³-hybridized carbons (Fsp3) is 0.364. The van der Waals surface area contributed by atoms with E-state index in [1.54, 1.807) is 0 Å². The SMILES string of the molecule is Cc1ccc(-c2cn([C@@H]3c4ccccc4C4(CCNCC4)[C@H]3O)nn2)cc1.Cl. The minimum absolute atomic E-state index is 0. The quantitative estimate of drug-likeness (QED) is 0.698. The molecule has 2 heterocycles. The molecule has 0 radical (unpaired) electrons. The predicted octanol–water partition coefficient (Wildman–Crippen LogP) is 3.26. The van der Waals surface area contributed by atoms with Crippen molar-refractivity contribution in [3.63, 3.8) is 0 Å². The molecule has 146 valence electrons. The topological polar surface area (TPSA) is 63.0 Å². The van der Waals surface area contributed by atoms with Crippen molar-refractivity contribution in [1.82, 2.24) is 20.3 Å². The number of aliphatic hydroxyl groups excluding tert-OH is 1. The Morgan fingerprint density at radius 1 is 1.07 bits per heavy atom. The van der Waals surface area contributed by atoms with E-state index in [4.69, 9.17) is 0 Å². The lowest BCUT2D eigenvalue weighted by Crippen LogP contribution is -2.47. The van der Waals surface area contributed by atoms with Crippen molar-refractivity contribution in [3.8, 4) is 11.3 Å². The molecule has 0 amide bonds. The summed E-state index contributed by atoms with van der Waals surface area (Å²) in [5.41, 5.74) is 5.36. The van der Waals surface area contributed by atoms with E-state index in [2.05, 4.69) is 71.1 Å². The maximum absolute atomic E-state index is 11.4. The third kappa shape index (κ3) is 2.85. The number of fused-ring (bicyclic) bond motifs is 2. The Morgan fingerprint density at radius 2 is 1.79 bits per heavy atom. The zero-order chi connectivity index (χ0) is 18.4. The molecule has 0 unspecified atom stereocenters. The van der Waals surface area contributed by atoms with E-state index in [1.165, 1.54) is 16.7 Å². The van der Waals surface area contributed by atoms with Crippen molar-refractivity contribution < 1.29 is 5.11 Å². The smallest absolute Gasteiger partial charge is 0.113 e. The molecule has 28 heavy (non-hydrogen) atoms. The van der Waals surface area contributed by atoms with Gasteiger partial charge in [-0.2, -0.15) is 0 Å². The average molecular weight is 397 g/mol. The van der Waals surface area contributed by atoms with Crippen molar-refractivity contribution in [2.75, 3.05) is 13.1 Å². The van der Waals surface area contributed by atoms with Crippen LogP contribution in [0.4, 0.5) is 0 Å². The van der Waals surface area contributed by atoms with Crippen LogP contribution in [-0.4, -0.2) is 39.3 Å². The molecule has 2 N–H and O–H groups in total. The minimum atomic E-state index is -0.496. The van der Waals surface area contributed by atoms with Gasteiger partial charge in [-0.25, -0.2) is 4.68 Å². The Morgan fingerprint density at radius 3 is 2.54 bits per heavy atom. The highest BCUT2D eigenvalue weighted by Crippen LogP contribution is 2.51. The van der Waals surface area contributed by atoms with E-state index in [9.17, 15) is 5.11 Å². The fourth-order valence-electron chi connectivity index (χ4n) is 4.83. The largest absolute Gasteiger partial charge is 0.390 e. The first kappa shape index (κ1) is 19.1. The molecule has 1 fully saturated rings. The minimum Gasteiger partial charge on any atom is -0.390 e. The second kappa shape index (κ2) is 7.32. The number of nitrogens with one attached hydrogen (secondary N) is 1. The third-order valence-electron chi connectivity index (χ3n) is 6.32. The standard InChI is InChI=1S/C22H24N4O.ClH/c1-15-6-8-16(9-7-15)19-14-26(25-24-19)20-17-4-2-3-5-18(17)22(21(20)27)10-12-23-13-11-22;/h2-9,14,20-21,23,27H,10-13H2,1H3;1H/t20-,21+;/m1./s1. The van der Waals surface area contributed by atoms with Crippen LogP contribution >= 0.6 is 12.4 Å². The van der Waals surface area contributed by atoms with Crippen LogP contribution in [0.25, 0.3) is 11.3 Å². The molecule has 5 nitrogen and oxygen atoms in total. The van der Waals surface area contributed by atoms with Gasteiger partial charge in [0, 0.05) is 11.0 Å². The number of nitrogens with zero attached hydrogens (tertiary/aromatic N) is 3. The Kier molecular flexibility index (Phi) is 5.00. The van der Waals surface area contributed by atoms with Gasteiger partial charge in [0.1, 0.15) is 11.7 Å². The number of aromatic nitrogens is 3. The lowest BCUT2D eigenvalue weighted by molar-refractivity contribution is 0.0421. The summed E-state index contributed by atoms with van der Waals surface area (Å²) in [7, 11) is 0. The van der Waals surface area contributed by atoms with E-state index < -0.39 is 6.10 Å². The van der Waals surface area contributed by atoms with E-state index in [1.807, 2.05) is 10.9 Å². The summed E-state index contributed by atoms with van der Waals surface area (Å²) >= 11 is 0. The van der Waals surface area contributed by atoms with Gasteiger partial charge >= 0.3 is 0 Å². The molecule has 0 saturated carbocycles. The van der Waals surface area contributed by atoms with Gasteiger partial charge in [-0.1, -0.05) is 59.3 Å². The molecule has 3 aromatic rings. The predicted molar refractivity (Wildman–Crippen MR) is 112 cm³/mol. The van der Waals surface area contributed by atoms with E-state index in [0.717, 1.165) is 37.2 Å². The van der Waals surface area contributed by atoms with Gasteiger partial charge < -0.3 is 10.4 Å². The van der Waals surface area contributed by atoms with Gasteiger partial charge in [-0.3, -0.25) is 0 Å². The first-order valence-electron chi connectivity index (χ1n) is 9.66. The summed E-state index contributed by atoms with van der Waals surface area (Å²) in [6, 6.07) is 16.6. The number of benzene rings is 2. The summed E-state index contributed by atoms with van der Waals surface area (Å²) in [4.78, 5) is 0. The molecule has 6 heteroatoms. The first-order valence-corrected chi connectivity index (χ1v) is 9.66. The molecular formula is C22H25ClN4O. The fourth-order valence-corrected chi connectivity index (χ4v) is 4.83. The number of aliphatic hydroxyl groups is 1. The maximum atomic E-state index is 11.4. The second-order valence-corrected chi connectivity index (χ2v) is 7.83.